The standard InChI is InChI=1S/C2F5O2/c3-1(4,5)2(6,7)9-8. The van der Waals surface area contributed by atoms with E-state index in [1.165, 1.54) is 0 Å². The average molecular weight is 151 g/mol. The molecule has 0 aromatic rings. The summed E-state index contributed by atoms with van der Waals surface area (Å²) in [6.07, 6.45) is -11.5. The number of hydrogen-bond acceptors (Lipinski definition) is 1. The van der Waals surface area contributed by atoms with Crippen LogP contribution in [0, 0.1) is 0 Å². The smallest absolute Gasteiger partial charge is 0.164 e. The summed E-state index contributed by atoms with van der Waals surface area (Å²) in [6.45, 7) is 0. The molecule has 55 valence electrons. The zero-order chi connectivity index (χ0) is 7.71. The van der Waals surface area contributed by atoms with Crippen LogP contribution in [0.2, 0.25) is 0 Å². The molecule has 0 saturated heterocycles. The zero-order valence-electron chi connectivity index (χ0n) is 3.71. The average Bonchev–Trinajstić information content (AvgIpc) is 1.64. The summed E-state index contributed by atoms with van der Waals surface area (Å²) in [5.74, 6) is 0. The van der Waals surface area contributed by atoms with Crippen LogP contribution < -0.4 is 0 Å². The van der Waals surface area contributed by atoms with Gasteiger partial charge in [0.15, 0.2) is 0 Å². The quantitative estimate of drug-likeness (QED) is 0.317. The van der Waals surface area contributed by atoms with Gasteiger partial charge in [-0.25, -0.2) is 0 Å². The van der Waals surface area contributed by atoms with Crippen LogP contribution in [0.3, 0.4) is 0 Å². The summed E-state index contributed by atoms with van der Waals surface area (Å²) in [6, 6.07) is 0. The minimum Gasteiger partial charge on any atom is -0.164 e. The van der Waals surface area contributed by atoms with Crippen molar-refractivity contribution >= 4 is 0 Å². The highest BCUT2D eigenvalue weighted by Crippen LogP contribution is 2.35. The van der Waals surface area contributed by atoms with E-state index in [0.717, 1.165) is 0 Å². The van der Waals surface area contributed by atoms with E-state index in [0.29, 0.717) is 0 Å². The predicted octanol–water partition coefficient (Wildman–Crippen LogP) is 1.50. The fourth-order valence-electron chi connectivity index (χ4n) is 0.0472. The SMILES string of the molecule is [O]OC(F)(F)C(F)(F)F. The van der Waals surface area contributed by atoms with Crippen molar-refractivity contribution in [3.63, 3.8) is 0 Å². The largest absolute Gasteiger partial charge is 0.485 e. The maximum absolute atomic E-state index is 11.0. The molecule has 0 saturated carbocycles. The molecular formula is C2F5O2. The molecule has 0 spiro atoms. The van der Waals surface area contributed by atoms with Crippen LogP contribution in [0.5, 0.6) is 0 Å². The Morgan fingerprint density at radius 3 is 1.33 bits per heavy atom. The molecule has 0 bridgehead atoms. The summed E-state index contributed by atoms with van der Waals surface area (Å²) >= 11 is 0. The maximum Gasteiger partial charge on any atom is 0.485 e. The van der Waals surface area contributed by atoms with Gasteiger partial charge < -0.3 is 0 Å². The minimum atomic E-state index is -5.92. The van der Waals surface area contributed by atoms with Gasteiger partial charge in [0, 0.05) is 0 Å². The predicted molar refractivity (Wildman–Crippen MR) is 12.8 cm³/mol. The van der Waals surface area contributed by atoms with Gasteiger partial charge in [0.05, 0.1) is 0 Å². The van der Waals surface area contributed by atoms with Crippen LogP contribution in [0.1, 0.15) is 0 Å². The van der Waals surface area contributed by atoms with Gasteiger partial charge in [0.1, 0.15) is 0 Å². The van der Waals surface area contributed by atoms with Gasteiger partial charge in [-0.15, -0.1) is 4.89 Å². The second-order valence-corrected chi connectivity index (χ2v) is 1.10. The molecule has 0 fully saturated rings. The first-order valence-electron chi connectivity index (χ1n) is 1.57. The Morgan fingerprint density at radius 2 is 1.33 bits per heavy atom. The summed E-state index contributed by atoms with van der Waals surface area (Å²) in [4.78, 5) is 1.59. The van der Waals surface area contributed by atoms with E-state index in [1.807, 2.05) is 0 Å². The zero-order valence-corrected chi connectivity index (χ0v) is 3.71. The highest BCUT2D eigenvalue weighted by molar-refractivity contribution is 4.60. The van der Waals surface area contributed by atoms with Crippen LogP contribution in [0.15, 0.2) is 0 Å². The molecule has 0 N–H and O–H groups in total. The fourth-order valence-corrected chi connectivity index (χ4v) is 0.0472. The third-order valence-electron chi connectivity index (χ3n) is 0.435. The lowest BCUT2D eigenvalue weighted by atomic mass is 10.6. The Morgan fingerprint density at radius 1 is 1.00 bits per heavy atom. The van der Waals surface area contributed by atoms with Crippen molar-refractivity contribution in [2.45, 2.75) is 12.3 Å². The third-order valence-corrected chi connectivity index (χ3v) is 0.435. The van der Waals surface area contributed by atoms with Crippen molar-refractivity contribution in [1.29, 1.82) is 0 Å². The Hall–Kier alpha value is -0.430. The normalized spacial score (nSPS) is 14.0. The Kier molecular flexibility index (Phi) is 1.97. The van der Waals surface area contributed by atoms with Gasteiger partial charge in [0.25, 0.3) is 0 Å². The number of alkyl halides is 5. The second-order valence-electron chi connectivity index (χ2n) is 1.10. The van der Waals surface area contributed by atoms with Gasteiger partial charge in [-0.1, -0.05) is 0 Å². The first kappa shape index (κ1) is 8.57. The van der Waals surface area contributed by atoms with Crippen molar-refractivity contribution < 1.29 is 32.1 Å². The van der Waals surface area contributed by atoms with Gasteiger partial charge in [-0.2, -0.15) is 22.0 Å². The van der Waals surface area contributed by atoms with E-state index in [-0.39, 0.29) is 0 Å². The molecule has 0 aliphatic carbocycles. The Bertz CT molecular complexity index is 95.6. The maximum atomic E-state index is 11.0. The van der Waals surface area contributed by atoms with E-state index < -0.39 is 12.3 Å². The molecule has 9 heavy (non-hydrogen) atoms. The lowest BCUT2D eigenvalue weighted by molar-refractivity contribution is -0.515. The molecule has 0 rings (SSSR count). The summed E-state index contributed by atoms with van der Waals surface area (Å²) in [5, 5.41) is 8.63. The molecule has 0 aromatic heterocycles. The molecule has 0 unspecified atom stereocenters. The third kappa shape index (κ3) is 1.75. The van der Waals surface area contributed by atoms with E-state index in [4.69, 9.17) is 5.26 Å². The highest BCUT2D eigenvalue weighted by Gasteiger charge is 2.60. The molecule has 7 heteroatoms. The van der Waals surface area contributed by atoms with Crippen LogP contribution in [-0.2, 0) is 10.1 Å². The highest BCUT2D eigenvalue weighted by atomic mass is 19.4. The van der Waals surface area contributed by atoms with Crippen LogP contribution in [0.25, 0.3) is 0 Å². The first-order chi connectivity index (χ1) is 3.81. The number of halogens is 5. The molecule has 0 aromatic carbocycles. The van der Waals surface area contributed by atoms with Crippen molar-refractivity contribution in [3.8, 4) is 0 Å². The van der Waals surface area contributed by atoms with Crippen LogP contribution in [0.4, 0.5) is 22.0 Å². The van der Waals surface area contributed by atoms with Gasteiger partial charge in [-0.3, -0.25) is 0 Å². The first-order valence-corrected chi connectivity index (χ1v) is 1.57. The summed E-state index contributed by atoms with van der Waals surface area (Å²) in [5.41, 5.74) is 0. The van der Waals surface area contributed by atoms with Crippen molar-refractivity contribution in [1.82, 2.24) is 0 Å². The molecule has 2 nitrogen and oxygen atoms in total. The molecule has 0 aliphatic rings. The molecule has 1 radical (unpaired) electrons. The molecule has 0 atom stereocenters. The second kappa shape index (κ2) is 2.07. The Labute approximate surface area is 45.8 Å². The van der Waals surface area contributed by atoms with Crippen LogP contribution in [-0.4, -0.2) is 12.3 Å². The summed E-state index contributed by atoms with van der Waals surface area (Å²) < 4.78 is 54.3. The number of hydrogen-bond donors (Lipinski definition) is 0. The van der Waals surface area contributed by atoms with Crippen molar-refractivity contribution in [3.05, 3.63) is 0 Å². The van der Waals surface area contributed by atoms with Crippen molar-refractivity contribution in [2.75, 3.05) is 0 Å². The molecule has 0 amide bonds. The van der Waals surface area contributed by atoms with Gasteiger partial charge >= 0.3 is 12.3 Å². The minimum absolute atomic E-state index is 1.59. The molecule has 0 aliphatic heterocycles. The van der Waals surface area contributed by atoms with E-state index in [2.05, 4.69) is 0 Å². The van der Waals surface area contributed by atoms with Gasteiger partial charge in [-0.05, 0) is 5.26 Å². The van der Waals surface area contributed by atoms with E-state index in [1.54, 1.807) is 4.89 Å². The fraction of sp³-hybridized carbons (Fsp3) is 1.00. The topological polar surface area (TPSA) is 29.1 Å². The Balaban J connectivity index is 4.14. The monoisotopic (exact) mass is 151 g/mol. The lowest BCUT2D eigenvalue weighted by Gasteiger charge is -2.12. The molecule has 0 heterocycles. The molecular weight excluding hydrogens is 151 g/mol. The van der Waals surface area contributed by atoms with Crippen molar-refractivity contribution in [2.24, 2.45) is 0 Å². The van der Waals surface area contributed by atoms with E-state index in [9.17, 15) is 22.0 Å². The lowest BCUT2D eigenvalue weighted by Crippen LogP contribution is -2.37. The van der Waals surface area contributed by atoms with E-state index >= 15 is 0 Å². The van der Waals surface area contributed by atoms with Crippen LogP contribution >= 0.6 is 0 Å². The van der Waals surface area contributed by atoms with Gasteiger partial charge in [0.2, 0.25) is 0 Å². The summed E-state index contributed by atoms with van der Waals surface area (Å²) in [7, 11) is 0. The number of rotatable bonds is 1.